The molecule has 1 aromatic rings. The quantitative estimate of drug-likeness (QED) is 0.783. The van der Waals surface area contributed by atoms with Gasteiger partial charge in [0.1, 0.15) is 11.9 Å². The first kappa shape index (κ1) is 15.8. The first-order valence-electron chi connectivity index (χ1n) is 7.45. The molecule has 1 amide bonds. The van der Waals surface area contributed by atoms with Crippen molar-refractivity contribution in [3.63, 3.8) is 0 Å². The second-order valence-electron chi connectivity index (χ2n) is 6.28. The second-order valence-corrected chi connectivity index (χ2v) is 6.28. The smallest absolute Gasteiger partial charge is 0.258 e. The minimum Gasteiger partial charge on any atom is -0.497 e. The van der Waals surface area contributed by atoms with Gasteiger partial charge in [-0.1, -0.05) is 12.1 Å². The lowest BCUT2D eigenvalue weighted by Gasteiger charge is -2.32. The Labute approximate surface area is 127 Å². The Morgan fingerprint density at radius 1 is 1.19 bits per heavy atom. The molecule has 1 aliphatic heterocycles. The fraction of sp³-hybridized carbons (Fsp3) is 0.588. The highest BCUT2D eigenvalue weighted by Gasteiger charge is 2.61. The summed E-state index contributed by atoms with van der Waals surface area (Å²) in [4.78, 5) is 14.7. The van der Waals surface area contributed by atoms with Gasteiger partial charge in [0.15, 0.2) is 5.60 Å². The molecule has 1 heterocycles. The van der Waals surface area contributed by atoms with Gasteiger partial charge in [-0.3, -0.25) is 4.79 Å². The number of amides is 1. The molecule has 1 aromatic carbocycles. The third-order valence-electron chi connectivity index (χ3n) is 4.00. The van der Waals surface area contributed by atoms with Crippen LogP contribution in [0.15, 0.2) is 24.3 Å². The van der Waals surface area contributed by atoms with Crippen LogP contribution in [-0.2, 0) is 9.53 Å². The lowest BCUT2D eigenvalue weighted by atomic mass is 9.98. The molecule has 4 nitrogen and oxygen atoms in total. The molecule has 4 heteroatoms. The predicted octanol–water partition coefficient (Wildman–Crippen LogP) is 3.17. The van der Waals surface area contributed by atoms with E-state index in [-0.39, 0.29) is 24.1 Å². The number of carbonyl (C=O) groups excluding carboxylic acids is 1. The molecule has 0 saturated carbocycles. The van der Waals surface area contributed by atoms with Crippen LogP contribution in [0.25, 0.3) is 0 Å². The summed E-state index contributed by atoms with van der Waals surface area (Å²) in [6.07, 6.45) is -0.170. The number of epoxide rings is 1. The summed E-state index contributed by atoms with van der Waals surface area (Å²) >= 11 is 0. The van der Waals surface area contributed by atoms with Gasteiger partial charge in [-0.2, -0.15) is 0 Å². The van der Waals surface area contributed by atoms with Crippen LogP contribution in [0, 0.1) is 0 Å². The van der Waals surface area contributed by atoms with E-state index in [1.54, 1.807) is 7.11 Å². The van der Waals surface area contributed by atoms with Crippen LogP contribution in [0.3, 0.4) is 0 Å². The summed E-state index contributed by atoms with van der Waals surface area (Å²) in [5, 5.41) is 0. The molecule has 2 atom stereocenters. The Hall–Kier alpha value is -1.55. The van der Waals surface area contributed by atoms with Crippen LogP contribution >= 0.6 is 0 Å². The van der Waals surface area contributed by atoms with Crippen LogP contribution in [0.1, 0.15) is 46.3 Å². The van der Waals surface area contributed by atoms with E-state index in [0.29, 0.717) is 0 Å². The molecule has 116 valence electrons. The molecular weight excluding hydrogens is 266 g/mol. The summed E-state index contributed by atoms with van der Waals surface area (Å²) in [6.45, 7) is 10.0. The third kappa shape index (κ3) is 2.91. The van der Waals surface area contributed by atoms with Crippen molar-refractivity contribution < 1.29 is 14.3 Å². The van der Waals surface area contributed by atoms with E-state index < -0.39 is 5.60 Å². The van der Waals surface area contributed by atoms with E-state index in [1.807, 2.05) is 63.8 Å². The van der Waals surface area contributed by atoms with Crippen molar-refractivity contribution in [2.45, 2.75) is 58.4 Å². The van der Waals surface area contributed by atoms with Crippen molar-refractivity contribution in [2.75, 3.05) is 7.11 Å². The molecule has 1 fully saturated rings. The number of rotatable bonds is 5. The molecule has 0 radical (unpaired) electrons. The number of hydrogen-bond donors (Lipinski definition) is 0. The summed E-state index contributed by atoms with van der Waals surface area (Å²) in [5.41, 5.74) is 0.266. The highest BCUT2D eigenvalue weighted by Crippen LogP contribution is 2.51. The average molecular weight is 291 g/mol. The second kappa shape index (κ2) is 5.68. The molecule has 1 aliphatic rings. The van der Waals surface area contributed by atoms with Crippen LogP contribution in [0.2, 0.25) is 0 Å². The van der Waals surface area contributed by atoms with Gasteiger partial charge < -0.3 is 14.4 Å². The van der Waals surface area contributed by atoms with Gasteiger partial charge in [0, 0.05) is 12.1 Å². The molecule has 0 aliphatic carbocycles. The Morgan fingerprint density at radius 2 is 1.71 bits per heavy atom. The number of hydrogen-bond acceptors (Lipinski definition) is 3. The van der Waals surface area contributed by atoms with Crippen molar-refractivity contribution in [1.82, 2.24) is 4.90 Å². The van der Waals surface area contributed by atoms with E-state index in [1.165, 1.54) is 0 Å². The van der Waals surface area contributed by atoms with Crippen molar-refractivity contribution in [1.29, 1.82) is 0 Å². The lowest BCUT2D eigenvalue weighted by molar-refractivity contribution is -0.140. The Kier molecular flexibility index (Phi) is 4.28. The molecule has 0 N–H and O–H groups in total. The van der Waals surface area contributed by atoms with Gasteiger partial charge in [0.05, 0.1) is 7.11 Å². The van der Waals surface area contributed by atoms with Crippen molar-refractivity contribution in [3.8, 4) is 5.75 Å². The van der Waals surface area contributed by atoms with Crippen LogP contribution in [0.5, 0.6) is 5.75 Å². The van der Waals surface area contributed by atoms with Crippen molar-refractivity contribution >= 4 is 5.91 Å². The highest BCUT2D eigenvalue weighted by atomic mass is 16.6. The molecule has 21 heavy (non-hydrogen) atoms. The summed E-state index contributed by atoms with van der Waals surface area (Å²) in [7, 11) is 1.64. The van der Waals surface area contributed by atoms with Crippen LogP contribution in [0.4, 0.5) is 0 Å². The van der Waals surface area contributed by atoms with E-state index in [0.717, 1.165) is 11.3 Å². The Balaban J connectivity index is 2.16. The average Bonchev–Trinajstić information content (AvgIpc) is 3.12. The first-order valence-corrected chi connectivity index (χ1v) is 7.45. The zero-order valence-corrected chi connectivity index (χ0v) is 13.7. The van der Waals surface area contributed by atoms with E-state index in [4.69, 9.17) is 9.47 Å². The molecular formula is C17H25NO3. The molecule has 1 saturated heterocycles. The normalized spacial score (nSPS) is 24.3. The lowest BCUT2D eigenvalue weighted by Crippen LogP contribution is -2.48. The number of methoxy groups -OCH3 is 1. The van der Waals surface area contributed by atoms with Gasteiger partial charge in [-0.25, -0.2) is 0 Å². The minimum atomic E-state index is -0.747. The predicted molar refractivity (Wildman–Crippen MR) is 82.3 cm³/mol. The zero-order valence-electron chi connectivity index (χ0n) is 13.7. The Bertz CT molecular complexity index is 501. The summed E-state index contributed by atoms with van der Waals surface area (Å²) in [5.74, 6) is 0.867. The maximum absolute atomic E-state index is 12.8. The molecule has 0 spiro atoms. The summed E-state index contributed by atoms with van der Waals surface area (Å²) < 4.78 is 10.9. The van der Waals surface area contributed by atoms with E-state index >= 15 is 0 Å². The van der Waals surface area contributed by atoms with Crippen LogP contribution in [-0.4, -0.2) is 35.6 Å². The standard InChI is InChI=1S/C17H25NO3/c1-11(2)18(12(3)4)16(19)17(5)15(21-17)13-7-9-14(20-6)10-8-13/h7-12,15H,1-6H3. The fourth-order valence-electron chi connectivity index (χ4n) is 2.86. The SMILES string of the molecule is COc1ccc(C2OC2(C)C(=O)N(C(C)C)C(C)C)cc1. The highest BCUT2D eigenvalue weighted by molar-refractivity contribution is 5.89. The minimum absolute atomic E-state index is 0.0633. The molecule has 0 aromatic heterocycles. The van der Waals surface area contributed by atoms with Gasteiger partial charge in [-0.15, -0.1) is 0 Å². The van der Waals surface area contributed by atoms with Gasteiger partial charge in [0.2, 0.25) is 0 Å². The summed E-state index contributed by atoms with van der Waals surface area (Å²) in [6, 6.07) is 8.02. The maximum atomic E-state index is 12.8. The number of carbonyl (C=O) groups is 1. The number of nitrogens with zero attached hydrogens (tertiary/aromatic N) is 1. The van der Waals surface area contributed by atoms with Crippen LogP contribution < -0.4 is 4.74 Å². The molecule has 2 unspecified atom stereocenters. The van der Waals surface area contributed by atoms with Crippen molar-refractivity contribution in [3.05, 3.63) is 29.8 Å². The zero-order chi connectivity index (χ0) is 15.8. The molecule has 2 rings (SSSR count). The largest absolute Gasteiger partial charge is 0.497 e. The monoisotopic (exact) mass is 291 g/mol. The third-order valence-corrected chi connectivity index (χ3v) is 4.00. The maximum Gasteiger partial charge on any atom is 0.258 e. The molecule has 0 bridgehead atoms. The Morgan fingerprint density at radius 3 is 2.14 bits per heavy atom. The number of ether oxygens (including phenoxy) is 2. The van der Waals surface area contributed by atoms with E-state index in [9.17, 15) is 4.79 Å². The van der Waals surface area contributed by atoms with Gasteiger partial charge in [0.25, 0.3) is 5.91 Å². The fourth-order valence-corrected chi connectivity index (χ4v) is 2.86. The first-order chi connectivity index (χ1) is 9.81. The topological polar surface area (TPSA) is 42.1 Å². The van der Waals surface area contributed by atoms with Gasteiger partial charge >= 0.3 is 0 Å². The van der Waals surface area contributed by atoms with Crippen molar-refractivity contribution in [2.24, 2.45) is 0 Å². The van der Waals surface area contributed by atoms with Gasteiger partial charge in [-0.05, 0) is 52.3 Å². The van der Waals surface area contributed by atoms with E-state index in [2.05, 4.69) is 0 Å². The number of benzene rings is 1.